The molecule has 0 heterocycles. The smallest absolute Gasteiger partial charge is 0.268 e. The summed E-state index contributed by atoms with van der Waals surface area (Å²) in [5, 5.41) is 10.1. The van der Waals surface area contributed by atoms with Crippen LogP contribution in [-0.4, -0.2) is 4.92 Å². The Balaban J connectivity index is 3.07. The van der Waals surface area contributed by atoms with Crippen molar-refractivity contribution >= 4 is 11.4 Å². The molecule has 1 N–H and O–H groups in total. The second kappa shape index (κ2) is 2.34. The van der Waals surface area contributed by atoms with Gasteiger partial charge in [0.15, 0.2) is 0 Å². The Labute approximate surface area is 57.4 Å². The van der Waals surface area contributed by atoms with Crippen molar-refractivity contribution in [3.63, 3.8) is 0 Å². The van der Waals surface area contributed by atoms with Crippen LogP contribution in [0, 0.1) is 10.1 Å². The predicted molar refractivity (Wildman–Crippen MR) is 37.1 cm³/mol. The second-order valence-corrected chi connectivity index (χ2v) is 1.81. The lowest BCUT2D eigenvalue weighted by Crippen LogP contribution is -1.85. The third-order valence-electron chi connectivity index (χ3n) is 1.06. The van der Waals surface area contributed by atoms with Gasteiger partial charge in [-0.2, -0.15) is 0 Å². The van der Waals surface area contributed by atoms with Crippen LogP contribution in [0.5, 0.6) is 0 Å². The summed E-state index contributed by atoms with van der Waals surface area (Å²) in [5.41, 5.74) is 7.15. The van der Waals surface area contributed by atoms with E-state index in [4.69, 9.17) is 5.73 Å². The summed E-state index contributed by atoms with van der Waals surface area (Å²) in [6.07, 6.45) is 0. The zero-order valence-corrected chi connectivity index (χ0v) is 5.07. The lowest BCUT2D eigenvalue weighted by atomic mass is 10.3. The van der Waals surface area contributed by atoms with E-state index in [0.717, 1.165) is 0 Å². The third kappa shape index (κ3) is 1.22. The molecule has 4 heteroatoms. The quantitative estimate of drug-likeness (QED) is 0.440. The lowest BCUT2D eigenvalue weighted by Gasteiger charge is -1.98. The van der Waals surface area contributed by atoms with Gasteiger partial charge in [0.25, 0.3) is 5.69 Å². The summed E-state index contributed by atoms with van der Waals surface area (Å²) in [6.45, 7) is 0. The fourth-order valence-electron chi connectivity index (χ4n) is 0.619. The molecule has 0 bridgehead atoms. The van der Waals surface area contributed by atoms with Gasteiger partial charge in [-0.25, -0.2) is 0 Å². The normalized spacial score (nSPS) is 9.20. The summed E-state index contributed by atoms with van der Waals surface area (Å²) in [6, 6.07) is 5.55. The molecule has 1 rings (SSSR count). The highest BCUT2D eigenvalue weighted by Crippen LogP contribution is 2.17. The van der Waals surface area contributed by atoms with Crippen LogP contribution in [0.4, 0.5) is 11.4 Å². The molecular weight excluding hydrogens is 132 g/mol. The van der Waals surface area contributed by atoms with E-state index in [1.165, 1.54) is 24.3 Å². The van der Waals surface area contributed by atoms with Gasteiger partial charge in [0.1, 0.15) is 0 Å². The SMILES string of the molecule is [NH-]c1cccc([N+](=O)[O-])c1. The van der Waals surface area contributed by atoms with Crippen LogP contribution in [0.2, 0.25) is 0 Å². The Morgan fingerprint density at radius 2 is 2.20 bits per heavy atom. The molecule has 0 aliphatic rings. The van der Waals surface area contributed by atoms with E-state index in [1.54, 1.807) is 0 Å². The molecule has 0 aliphatic carbocycles. The second-order valence-electron chi connectivity index (χ2n) is 1.81. The average Bonchev–Trinajstić information content (AvgIpc) is 1.88. The molecule has 0 aromatic heterocycles. The molecule has 0 spiro atoms. The van der Waals surface area contributed by atoms with E-state index in [-0.39, 0.29) is 11.4 Å². The van der Waals surface area contributed by atoms with Crippen molar-refractivity contribution in [3.8, 4) is 0 Å². The van der Waals surface area contributed by atoms with Gasteiger partial charge in [0.05, 0.1) is 4.92 Å². The predicted octanol–water partition coefficient (Wildman–Crippen LogP) is 2.28. The van der Waals surface area contributed by atoms with Crippen molar-refractivity contribution < 1.29 is 4.92 Å². The molecule has 52 valence electrons. The van der Waals surface area contributed by atoms with Crippen molar-refractivity contribution in [2.75, 3.05) is 0 Å². The van der Waals surface area contributed by atoms with Crippen LogP contribution < -0.4 is 0 Å². The molecule has 1 aromatic carbocycles. The van der Waals surface area contributed by atoms with E-state index >= 15 is 0 Å². The van der Waals surface area contributed by atoms with E-state index in [2.05, 4.69) is 0 Å². The van der Waals surface area contributed by atoms with E-state index in [1.807, 2.05) is 0 Å². The number of nitrogens with one attached hydrogen (secondary N) is 1. The largest absolute Gasteiger partial charge is 0.699 e. The first kappa shape index (κ1) is 6.54. The van der Waals surface area contributed by atoms with E-state index in [0.29, 0.717) is 0 Å². The maximum atomic E-state index is 10.1. The monoisotopic (exact) mass is 137 g/mol. The first-order valence-corrected chi connectivity index (χ1v) is 2.66. The molecule has 10 heavy (non-hydrogen) atoms. The van der Waals surface area contributed by atoms with Crippen LogP contribution in [0.15, 0.2) is 24.3 Å². The van der Waals surface area contributed by atoms with Gasteiger partial charge in [-0.1, -0.05) is 12.1 Å². The minimum atomic E-state index is -0.516. The maximum Gasteiger partial charge on any atom is 0.268 e. The number of non-ortho nitro benzene ring substituents is 1. The number of nitro groups is 1. The van der Waals surface area contributed by atoms with Crippen LogP contribution in [0.1, 0.15) is 0 Å². The van der Waals surface area contributed by atoms with Crippen molar-refractivity contribution in [2.24, 2.45) is 0 Å². The Morgan fingerprint density at radius 3 is 2.60 bits per heavy atom. The Kier molecular flexibility index (Phi) is 1.53. The molecule has 0 saturated carbocycles. The molecule has 0 amide bonds. The Bertz CT molecular complexity index is 260. The number of rotatable bonds is 1. The van der Waals surface area contributed by atoms with Gasteiger partial charge >= 0.3 is 0 Å². The maximum absolute atomic E-state index is 10.1. The van der Waals surface area contributed by atoms with Crippen LogP contribution in [0.3, 0.4) is 0 Å². The third-order valence-corrected chi connectivity index (χ3v) is 1.06. The highest BCUT2D eigenvalue weighted by Gasteiger charge is 1.99. The topological polar surface area (TPSA) is 66.9 Å². The van der Waals surface area contributed by atoms with Crippen molar-refractivity contribution in [3.05, 3.63) is 40.1 Å². The Morgan fingerprint density at radius 1 is 1.50 bits per heavy atom. The average molecular weight is 137 g/mol. The summed E-state index contributed by atoms with van der Waals surface area (Å²) in [5.74, 6) is 0. The zero-order chi connectivity index (χ0) is 7.56. The minimum absolute atomic E-state index is 0.0347. The fraction of sp³-hybridized carbons (Fsp3) is 0. The molecular formula is C6H5N2O2-. The van der Waals surface area contributed by atoms with Crippen molar-refractivity contribution in [2.45, 2.75) is 0 Å². The van der Waals surface area contributed by atoms with Crippen molar-refractivity contribution in [1.29, 1.82) is 0 Å². The van der Waals surface area contributed by atoms with Gasteiger partial charge in [-0.05, 0) is 0 Å². The lowest BCUT2D eigenvalue weighted by molar-refractivity contribution is -0.384. The van der Waals surface area contributed by atoms with Gasteiger partial charge < -0.3 is 5.73 Å². The summed E-state index contributed by atoms with van der Waals surface area (Å²) >= 11 is 0. The molecule has 0 aliphatic heterocycles. The standard InChI is InChI=1S/C6H5N2O2/c7-5-2-1-3-6(4-5)8(9)10/h1-4,7H/q-1. The minimum Gasteiger partial charge on any atom is -0.699 e. The Hall–Kier alpha value is -1.58. The summed E-state index contributed by atoms with van der Waals surface area (Å²) in [4.78, 5) is 9.56. The van der Waals surface area contributed by atoms with Gasteiger partial charge in [-0.15, -0.1) is 5.69 Å². The van der Waals surface area contributed by atoms with Crippen LogP contribution >= 0.6 is 0 Å². The molecule has 0 atom stereocenters. The number of nitro benzene ring substituents is 1. The highest BCUT2D eigenvalue weighted by molar-refractivity contribution is 5.50. The summed E-state index contributed by atoms with van der Waals surface area (Å²) in [7, 11) is 0. The molecule has 1 aromatic rings. The number of nitrogens with zero attached hydrogens (tertiary/aromatic N) is 1. The highest BCUT2D eigenvalue weighted by atomic mass is 16.6. The first-order valence-electron chi connectivity index (χ1n) is 2.66. The van der Waals surface area contributed by atoms with E-state index < -0.39 is 4.92 Å². The molecule has 0 saturated heterocycles. The van der Waals surface area contributed by atoms with E-state index in [9.17, 15) is 10.1 Å². The number of hydrogen-bond acceptors (Lipinski definition) is 2. The molecule has 0 unspecified atom stereocenters. The van der Waals surface area contributed by atoms with Gasteiger partial charge in [-0.3, -0.25) is 10.1 Å². The van der Waals surface area contributed by atoms with Crippen LogP contribution in [0.25, 0.3) is 5.73 Å². The summed E-state index contributed by atoms with van der Waals surface area (Å²) < 4.78 is 0. The van der Waals surface area contributed by atoms with Gasteiger partial charge in [0.2, 0.25) is 0 Å². The number of benzene rings is 1. The molecule has 0 radical (unpaired) electrons. The van der Waals surface area contributed by atoms with Crippen LogP contribution in [-0.2, 0) is 0 Å². The molecule has 0 fully saturated rings. The van der Waals surface area contributed by atoms with Gasteiger partial charge in [0, 0.05) is 12.1 Å². The first-order chi connectivity index (χ1) is 4.70. The fourth-order valence-corrected chi connectivity index (χ4v) is 0.619. The van der Waals surface area contributed by atoms with Crippen molar-refractivity contribution in [1.82, 2.24) is 0 Å². The number of hydrogen-bond donors (Lipinski definition) is 0. The zero-order valence-electron chi connectivity index (χ0n) is 5.07. The molecule has 4 nitrogen and oxygen atoms in total.